The Kier molecular flexibility index (Phi) is 7.01. The number of aromatic nitrogens is 1. The monoisotopic (exact) mass is 371 g/mol. The first-order chi connectivity index (χ1) is 13.2. The van der Waals surface area contributed by atoms with Gasteiger partial charge in [-0.1, -0.05) is 30.3 Å². The van der Waals surface area contributed by atoms with Gasteiger partial charge in [0.2, 0.25) is 5.91 Å². The molecule has 1 saturated heterocycles. The molecule has 2 aromatic rings. The average Bonchev–Trinajstić information content (AvgIpc) is 3.08. The molecule has 0 aliphatic carbocycles. The van der Waals surface area contributed by atoms with E-state index in [2.05, 4.69) is 4.98 Å². The lowest BCUT2D eigenvalue weighted by Gasteiger charge is -2.32. The maximum atomic E-state index is 12.5. The molecule has 27 heavy (non-hydrogen) atoms. The van der Waals surface area contributed by atoms with Crippen LogP contribution in [0.4, 0.5) is 0 Å². The minimum absolute atomic E-state index is 0.160. The number of oxazole rings is 1. The fraction of sp³-hybridized carbons (Fsp3) is 0.524. The minimum Gasteiger partial charge on any atom is -0.440 e. The molecule has 1 aliphatic heterocycles. The molecular formula is C21H29N3O3. The van der Waals surface area contributed by atoms with E-state index in [1.165, 1.54) is 0 Å². The number of aryl methyl sites for hydroxylation is 2. The van der Waals surface area contributed by atoms with Crippen LogP contribution in [0.1, 0.15) is 37.3 Å². The second kappa shape index (κ2) is 9.67. The standard InChI is InChI=1S/C21H29N3O3/c1-16-21(17-6-3-2-4-7-17)27-19(23-16)8-9-20(25)24-13-10-18(11-14-24)26-15-5-12-22/h2-4,6-7,18H,5,8-15,22H2,1H3. The summed E-state index contributed by atoms with van der Waals surface area (Å²) in [4.78, 5) is 18.9. The summed E-state index contributed by atoms with van der Waals surface area (Å²) in [5.41, 5.74) is 7.36. The van der Waals surface area contributed by atoms with Gasteiger partial charge in [0.15, 0.2) is 11.7 Å². The Bertz CT molecular complexity index is 722. The van der Waals surface area contributed by atoms with Crippen molar-refractivity contribution in [1.82, 2.24) is 9.88 Å². The summed E-state index contributed by atoms with van der Waals surface area (Å²) in [6.07, 6.45) is 3.88. The Morgan fingerprint density at radius 3 is 2.74 bits per heavy atom. The molecule has 6 heteroatoms. The van der Waals surface area contributed by atoms with E-state index < -0.39 is 0 Å². The van der Waals surface area contributed by atoms with Crippen molar-refractivity contribution in [2.75, 3.05) is 26.2 Å². The average molecular weight is 371 g/mol. The number of amides is 1. The zero-order chi connectivity index (χ0) is 19.1. The normalized spacial score (nSPS) is 15.3. The minimum atomic E-state index is 0.160. The van der Waals surface area contributed by atoms with Crippen LogP contribution in [0.3, 0.4) is 0 Å². The first kappa shape index (κ1) is 19.6. The highest BCUT2D eigenvalue weighted by Gasteiger charge is 2.23. The lowest BCUT2D eigenvalue weighted by molar-refractivity contribution is -0.133. The van der Waals surface area contributed by atoms with Crippen LogP contribution in [0.25, 0.3) is 11.3 Å². The van der Waals surface area contributed by atoms with Gasteiger partial charge in [-0.25, -0.2) is 4.98 Å². The summed E-state index contributed by atoms with van der Waals surface area (Å²) in [5.74, 6) is 1.57. The number of rotatable bonds is 8. The number of carbonyl (C=O) groups is 1. The number of nitrogens with zero attached hydrogens (tertiary/aromatic N) is 2. The van der Waals surface area contributed by atoms with Crippen LogP contribution in [0.15, 0.2) is 34.7 Å². The summed E-state index contributed by atoms with van der Waals surface area (Å²) in [5, 5.41) is 0. The highest BCUT2D eigenvalue weighted by atomic mass is 16.5. The fourth-order valence-corrected chi connectivity index (χ4v) is 3.39. The van der Waals surface area contributed by atoms with E-state index in [1.807, 2.05) is 42.2 Å². The van der Waals surface area contributed by atoms with Gasteiger partial charge in [0.1, 0.15) is 0 Å². The maximum Gasteiger partial charge on any atom is 0.223 e. The fourth-order valence-electron chi connectivity index (χ4n) is 3.39. The second-order valence-electron chi connectivity index (χ2n) is 6.98. The van der Waals surface area contributed by atoms with Crippen LogP contribution in [0.5, 0.6) is 0 Å². The summed E-state index contributed by atoms with van der Waals surface area (Å²) < 4.78 is 11.7. The number of piperidine rings is 1. The zero-order valence-corrected chi connectivity index (χ0v) is 16.0. The first-order valence-corrected chi connectivity index (χ1v) is 9.78. The van der Waals surface area contributed by atoms with E-state index in [0.717, 1.165) is 49.4 Å². The summed E-state index contributed by atoms with van der Waals surface area (Å²) >= 11 is 0. The van der Waals surface area contributed by atoms with Crippen LogP contribution in [0.2, 0.25) is 0 Å². The summed E-state index contributed by atoms with van der Waals surface area (Å²) in [7, 11) is 0. The Morgan fingerprint density at radius 2 is 2.04 bits per heavy atom. The molecule has 1 aromatic carbocycles. The molecule has 0 atom stereocenters. The molecule has 3 rings (SSSR count). The summed E-state index contributed by atoms with van der Waals surface area (Å²) in [6.45, 7) is 4.82. The van der Waals surface area contributed by atoms with Gasteiger partial charge in [-0.3, -0.25) is 4.79 Å². The highest BCUT2D eigenvalue weighted by Crippen LogP contribution is 2.25. The lowest BCUT2D eigenvalue weighted by Crippen LogP contribution is -2.41. The molecule has 0 saturated carbocycles. The zero-order valence-electron chi connectivity index (χ0n) is 16.0. The van der Waals surface area contributed by atoms with Gasteiger partial charge in [-0.05, 0) is 32.7 Å². The molecule has 1 aromatic heterocycles. The number of benzene rings is 1. The van der Waals surface area contributed by atoms with Crippen LogP contribution in [0, 0.1) is 6.92 Å². The van der Waals surface area contributed by atoms with Crippen molar-refractivity contribution in [2.45, 2.75) is 45.1 Å². The number of likely N-dealkylation sites (tertiary alicyclic amines) is 1. The molecule has 146 valence electrons. The molecule has 0 bridgehead atoms. The number of nitrogens with two attached hydrogens (primary N) is 1. The third kappa shape index (κ3) is 5.40. The Balaban J connectivity index is 1.46. The van der Waals surface area contributed by atoms with Crippen molar-refractivity contribution < 1.29 is 13.9 Å². The molecule has 2 heterocycles. The number of ether oxygens (including phenoxy) is 1. The molecule has 6 nitrogen and oxygen atoms in total. The predicted molar refractivity (Wildman–Crippen MR) is 104 cm³/mol. The van der Waals surface area contributed by atoms with E-state index in [9.17, 15) is 4.79 Å². The van der Waals surface area contributed by atoms with Crippen LogP contribution < -0.4 is 5.73 Å². The molecule has 0 spiro atoms. The predicted octanol–water partition coefficient (Wildman–Crippen LogP) is 2.94. The lowest BCUT2D eigenvalue weighted by atomic mass is 10.1. The summed E-state index contributed by atoms with van der Waals surface area (Å²) in [6, 6.07) is 9.93. The van der Waals surface area contributed by atoms with E-state index in [0.29, 0.717) is 31.9 Å². The first-order valence-electron chi connectivity index (χ1n) is 9.78. The van der Waals surface area contributed by atoms with Gasteiger partial charge in [-0.2, -0.15) is 0 Å². The van der Waals surface area contributed by atoms with E-state index >= 15 is 0 Å². The second-order valence-corrected chi connectivity index (χ2v) is 6.98. The number of carbonyl (C=O) groups excluding carboxylic acids is 1. The van der Waals surface area contributed by atoms with Crippen molar-refractivity contribution in [3.63, 3.8) is 0 Å². The Labute approximate surface area is 160 Å². The van der Waals surface area contributed by atoms with Gasteiger partial charge in [-0.15, -0.1) is 0 Å². The maximum absolute atomic E-state index is 12.5. The van der Waals surface area contributed by atoms with Crippen molar-refractivity contribution in [2.24, 2.45) is 5.73 Å². The third-order valence-corrected chi connectivity index (χ3v) is 4.93. The SMILES string of the molecule is Cc1nc(CCC(=O)N2CCC(OCCCN)CC2)oc1-c1ccccc1. The number of hydrogen-bond acceptors (Lipinski definition) is 5. The van der Waals surface area contributed by atoms with Gasteiger partial charge >= 0.3 is 0 Å². The van der Waals surface area contributed by atoms with Gasteiger partial charge in [0, 0.05) is 38.1 Å². The van der Waals surface area contributed by atoms with E-state index in [1.54, 1.807) is 0 Å². The Morgan fingerprint density at radius 1 is 1.30 bits per heavy atom. The largest absolute Gasteiger partial charge is 0.440 e. The van der Waals surface area contributed by atoms with Gasteiger partial charge in [0.05, 0.1) is 11.8 Å². The van der Waals surface area contributed by atoms with Crippen molar-refractivity contribution in [3.05, 3.63) is 41.9 Å². The molecule has 1 amide bonds. The van der Waals surface area contributed by atoms with Crippen LogP contribution in [-0.2, 0) is 16.0 Å². The smallest absolute Gasteiger partial charge is 0.223 e. The quantitative estimate of drug-likeness (QED) is 0.722. The molecule has 0 unspecified atom stereocenters. The molecule has 1 aliphatic rings. The van der Waals surface area contributed by atoms with Crippen molar-refractivity contribution in [1.29, 1.82) is 0 Å². The van der Waals surface area contributed by atoms with Crippen LogP contribution >= 0.6 is 0 Å². The van der Waals surface area contributed by atoms with E-state index in [4.69, 9.17) is 14.9 Å². The third-order valence-electron chi connectivity index (χ3n) is 4.93. The van der Waals surface area contributed by atoms with Gasteiger partial charge < -0.3 is 19.8 Å². The Hall–Kier alpha value is -2.18. The molecule has 1 fully saturated rings. The molecule has 0 radical (unpaired) electrons. The van der Waals surface area contributed by atoms with Gasteiger partial charge in [0.25, 0.3) is 0 Å². The van der Waals surface area contributed by atoms with Crippen molar-refractivity contribution >= 4 is 5.91 Å². The van der Waals surface area contributed by atoms with E-state index in [-0.39, 0.29) is 12.0 Å². The van der Waals surface area contributed by atoms with Crippen molar-refractivity contribution in [3.8, 4) is 11.3 Å². The number of hydrogen-bond donors (Lipinski definition) is 1. The highest BCUT2D eigenvalue weighted by molar-refractivity contribution is 5.76. The van der Waals surface area contributed by atoms with Crippen LogP contribution in [-0.4, -0.2) is 48.1 Å². The molecule has 2 N–H and O–H groups in total. The topological polar surface area (TPSA) is 81.6 Å². The molecular weight excluding hydrogens is 342 g/mol.